The van der Waals surface area contributed by atoms with Crippen molar-refractivity contribution in [3.63, 3.8) is 0 Å². The van der Waals surface area contributed by atoms with E-state index in [0.29, 0.717) is 22.7 Å². The van der Waals surface area contributed by atoms with Crippen molar-refractivity contribution in [3.8, 4) is 23.3 Å². The number of hydrogen-bond acceptors (Lipinski definition) is 7. The van der Waals surface area contributed by atoms with Crippen LogP contribution in [0.15, 0.2) is 41.1 Å². The molecular formula is C15H9F2N5O2. The maximum Gasteiger partial charge on any atom is 0.314 e. The van der Waals surface area contributed by atoms with Gasteiger partial charge in [0, 0.05) is 12.4 Å². The Kier molecular flexibility index (Phi) is 4.38. The van der Waals surface area contributed by atoms with Gasteiger partial charge >= 0.3 is 6.43 Å². The SMILES string of the molecule is N#Cc1ccc(OCc2ncc(-c3nnc(C(F)F)o3)cn2)cc1. The van der Waals surface area contributed by atoms with Gasteiger partial charge in [-0.2, -0.15) is 14.0 Å². The highest BCUT2D eigenvalue weighted by molar-refractivity contribution is 5.48. The van der Waals surface area contributed by atoms with Crippen LogP contribution >= 0.6 is 0 Å². The third-order valence-corrected chi connectivity index (χ3v) is 2.93. The van der Waals surface area contributed by atoms with E-state index in [1.165, 1.54) is 12.4 Å². The molecule has 0 fully saturated rings. The summed E-state index contributed by atoms with van der Waals surface area (Å²) in [5, 5.41) is 15.5. The Morgan fingerprint density at radius 3 is 2.42 bits per heavy atom. The summed E-state index contributed by atoms with van der Waals surface area (Å²) < 4.78 is 35.1. The minimum Gasteiger partial charge on any atom is -0.486 e. The molecule has 7 nitrogen and oxygen atoms in total. The number of alkyl halides is 2. The van der Waals surface area contributed by atoms with Crippen LogP contribution in [0.2, 0.25) is 0 Å². The summed E-state index contributed by atoms with van der Waals surface area (Å²) in [6.07, 6.45) is -0.0623. The fourth-order valence-electron chi connectivity index (χ4n) is 1.75. The summed E-state index contributed by atoms with van der Waals surface area (Å²) in [7, 11) is 0. The zero-order valence-electron chi connectivity index (χ0n) is 12.1. The number of hydrogen-bond donors (Lipinski definition) is 0. The molecule has 0 aliphatic carbocycles. The van der Waals surface area contributed by atoms with Crippen molar-refractivity contribution in [2.75, 3.05) is 0 Å². The summed E-state index contributed by atoms with van der Waals surface area (Å²) >= 11 is 0. The predicted octanol–water partition coefficient (Wildman–Crippen LogP) is 2.91. The van der Waals surface area contributed by atoms with Crippen LogP contribution in [0.4, 0.5) is 8.78 Å². The fraction of sp³-hybridized carbons (Fsp3) is 0.133. The number of rotatable bonds is 5. The van der Waals surface area contributed by atoms with Crippen molar-refractivity contribution in [1.29, 1.82) is 5.26 Å². The quantitative estimate of drug-likeness (QED) is 0.709. The summed E-state index contributed by atoms with van der Waals surface area (Å²) in [5.41, 5.74) is 0.863. The van der Waals surface area contributed by atoms with Crippen molar-refractivity contribution in [2.45, 2.75) is 13.0 Å². The number of nitrogens with zero attached hydrogens (tertiary/aromatic N) is 5. The summed E-state index contributed by atoms with van der Waals surface area (Å²) in [4.78, 5) is 8.11. The van der Waals surface area contributed by atoms with Crippen LogP contribution in [0.25, 0.3) is 11.5 Å². The van der Waals surface area contributed by atoms with E-state index in [1.54, 1.807) is 24.3 Å². The van der Waals surface area contributed by atoms with E-state index in [4.69, 9.17) is 14.4 Å². The van der Waals surface area contributed by atoms with E-state index in [9.17, 15) is 8.78 Å². The molecule has 24 heavy (non-hydrogen) atoms. The van der Waals surface area contributed by atoms with Crippen LogP contribution < -0.4 is 4.74 Å². The Hall–Kier alpha value is -3.41. The van der Waals surface area contributed by atoms with Gasteiger partial charge in [-0.15, -0.1) is 10.2 Å². The van der Waals surface area contributed by atoms with E-state index in [-0.39, 0.29) is 12.5 Å². The average Bonchev–Trinajstić information content (AvgIpc) is 3.11. The first-order chi connectivity index (χ1) is 11.7. The Balaban J connectivity index is 1.64. The predicted molar refractivity (Wildman–Crippen MR) is 75.8 cm³/mol. The zero-order chi connectivity index (χ0) is 16.9. The molecule has 0 amide bonds. The van der Waals surface area contributed by atoms with Crippen molar-refractivity contribution >= 4 is 0 Å². The second kappa shape index (κ2) is 6.78. The molecule has 0 saturated carbocycles. The van der Waals surface area contributed by atoms with Gasteiger partial charge < -0.3 is 9.15 Å². The van der Waals surface area contributed by atoms with Gasteiger partial charge in [0.15, 0.2) is 5.82 Å². The molecular weight excluding hydrogens is 320 g/mol. The van der Waals surface area contributed by atoms with Gasteiger partial charge in [0.2, 0.25) is 0 Å². The van der Waals surface area contributed by atoms with Gasteiger partial charge in [-0.05, 0) is 24.3 Å². The molecule has 0 unspecified atom stereocenters. The highest BCUT2D eigenvalue weighted by atomic mass is 19.3. The van der Waals surface area contributed by atoms with Gasteiger partial charge in [0.1, 0.15) is 12.4 Å². The van der Waals surface area contributed by atoms with Gasteiger partial charge in [0.05, 0.1) is 17.2 Å². The number of halogens is 2. The fourth-order valence-corrected chi connectivity index (χ4v) is 1.75. The highest BCUT2D eigenvalue weighted by Gasteiger charge is 2.17. The maximum atomic E-state index is 12.4. The molecule has 2 heterocycles. The standard InChI is InChI=1S/C15H9F2N5O2/c16-13(17)15-22-21-14(24-15)10-6-19-12(20-7-10)8-23-11-3-1-9(5-18)2-4-11/h1-4,6-7,13H,8H2. The molecule has 9 heteroatoms. The van der Waals surface area contributed by atoms with Crippen LogP contribution in [0.3, 0.4) is 0 Å². The third kappa shape index (κ3) is 3.49. The van der Waals surface area contributed by atoms with Gasteiger partial charge in [-0.3, -0.25) is 0 Å². The largest absolute Gasteiger partial charge is 0.486 e. The smallest absolute Gasteiger partial charge is 0.314 e. The van der Waals surface area contributed by atoms with Gasteiger partial charge in [0.25, 0.3) is 11.8 Å². The normalized spacial score (nSPS) is 10.6. The molecule has 0 saturated heterocycles. The molecule has 2 aromatic heterocycles. The van der Waals surface area contributed by atoms with Crippen molar-refractivity contribution < 1.29 is 17.9 Å². The first kappa shape index (κ1) is 15.5. The molecule has 0 N–H and O–H groups in total. The topological polar surface area (TPSA) is 97.7 Å². The minimum absolute atomic E-state index is 0.0788. The van der Waals surface area contributed by atoms with E-state index in [2.05, 4.69) is 20.2 Å². The van der Waals surface area contributed by atoms with E-state index >= 15 is 0 Å². The lowest BCUT2D eigenvalue weighted by Crippen LogP contribution is -2.01. The molecule has 3 aromatic rings. The van der Waals surface area contributed by atoms with Gasteiger partial charge in [-0.25, -0.2) is 9.97 Å². The second-order valence-corrected chi connectivity index (χ2v) is 4.56. The summed E-state index contributed by atoms with van der Waals surface area (Å²) in [6.45, 7) is 0.109. The molecule has 0 atom stereocenters. The third-order valence-electron chi connectivity index (χ3n) is 2.93. The van der Waals surface area contributed by atoms with Crippen LogP contribution in [0.5, 0.6) is 5.75 Å². The average molecular weight is 329 g/mol. The maximum absolute atomic E-state index is 12.4. The molecule has 0 aliphatic rings. The lowest BCUT2D eigenvalue weighted by molar-refractivity contribution is 0.116. The molecule has 0 aliphatic heterocycles. The molecule has 1 aromatic carbocycles. The van der Waals surface area contributed by atoms with E-state index < -0.39 is 12.3 Å². The van der Waals surface area contributed by atoms with Crippen LogP contribution in [0, 0.1) is 11.3 Å². The van der Waals surface area contributed by atoms with Crippen molar-refractivity contribution in [1.82, 2.24) is 20.2 Å². The monoisotopic (exact) mass is 329 g/mol. The molecule has 0 spiro atoms. The first-order valence-corrected chi connectivity index (χ1v) is 6.71. The first-order valence-electron chi connectivity index (χ1n) is 6.71. The van der Waals surface area contributed by atoms with E-state index in [0.717, 1.165) is 0 Å². The van der Waals surface area contributed by atoms with E-state index in [1.807, 2.05) is 6.07 Å². The molecule has 120 valence electrons. The van der Waals surface area contributed by atoms with Gasteiger partial charge in [-0.1, -0.05) is 0 Å². The zero-order valence-corrected chi connectivity index (χ0v) is 12.1. The van der Waals surface area contributed by atoms with Crippen molar-refractivity contribution in [2.24, 2.45) is 0 Å². The lowest BCUT2D eigenvalue weighted by Gasteiger charge is -2.05. The summed E-state index contributed by atoms with van der Waals surface area (Å²) in [6, 6.07) is 8.61. The number of aromatic nitrogens is 4. The Bertz CT molecular complexity index is 857. The lowest BCUT2D eigenvalue weighted by atomic mass is 10.2. The van der Waals surface area contributed by atoms with Crippen molar-refractivity contribution in [3.05, 3.63) is 53.9 Å². The van der Waals surface area contributed by atoms with Crippen LogP contribution in [0.1, 0.15) is 23.7 Å². The Morgan fingerprint density at radius 2 is 1.83 bits per heavy atom. The molecule has 0 radical (unpaired) electrons. The second-order valence-electron chi connectivity index (χ2n) is 4.56. The van der Waals surface area contributed by atoms with Crippen LogP contribution in [-0.2, 0) is 6.61 Å². The Labute approximate surface area is 134 Å². The number of benzene rings is 1. The summed E-state index contributed by atoms with van der Waals surface area (Å²) in [5.74, 6) is 0.125. The molecule has 0 bridgehead atoms. The number of ether oxygens (including phenoxy) is 1. The minimum atomic E-state index is -2.83. The number of nitriles is 1. The van der Waals surface area contributed by atoms with Crippen LogP contribution in [-0.4, -0.2) is 20.2 Å². The Morgan fingerprint density at radius 1 is 1.12 bits per heavy atom. The highest BCUT2D eigenvalue weighted by Crippen LogP contribution is 2.22. The molecule has 3 rings (SSSR count).